The number of unbranched alkanes of at least 4 members (excludes halogenated alkanes) is 3. The number of hydrogen-bond acceptors (Lipinski definition) is 8. The predicted molar refractivity (Wildman–Crippen MR) is 89.7 cm³/mol. The smallest absolute Gasteiger partial charge is 0.268 e. The first-order valence-electron chi connectivity index (χ1n) is 8.43. The molecule has 2 unspecified atom stereocenters. The molecule has 3 atom stereocenters. The number of nitrogens with zero attached hydrogens (tertiary/aromatic N) is 1. The number of ketones is 1. The van der Waals surface area contributed by atoms with E-state index >= 15 is 0 Å². The number of likely N-dealkylation sites (N-methyl/N-ethyl adjacent to an activating group) is 1. The van der Waals surface area contributed by atoms with Crippen molar-refractivity contribution in [3.63, 3.8) is 0 Å². The molecule has 25 heavy (non-hydrogen) atoms. The van der Waals surface area contributed by atoms with E-state index in [4.69, 9.17) is 14.9 Å². The van der Waals surface area contributed by atoms with Crippen LogP contribution in [0.15, 0.2) is 0 Å². The fourth-order valence-electron chi connectivity index (χ4n) is 2.06. The van der Waals surface area contributed by atoms with Gasteiger partial charge in [0.05, 0.1) is 34.4 Å². The first-order chi connectivity index (χ1) is 11.5. The average molecular weight is 385 g/mol. The summed E-state index contributed by atoms with van der Waals surface area (Å²) < 4.78 is 21.8. The summed E-state index contributed by atoms with van der Waals surface area (Å²) in [6, 6.07) is 0. The SMILES string of the molecule is CCCCCCC(=O)C(C[N+](C)(C)C)OP(=O)([O-])OC[C@@H](CO)OO. The summed E-state index contributed by atoms with van der Waals surface area (Å²) in [4.78, 5) is 28.1. The Balaban J connectivity index is 4.79. The third-order valence-corrected chi connectivity index (χ3v) is 4.35. The van der Waals surface area contributed by atoms with Crippen molar-refractivity contribution in [1.82, 2.24) is 0 Å². The summed E-state index contributed by atoms with van der Waals surface area (Å²) in [6.07, 6.45) is 1.51. The first-order valence-corrected chi connectivity index (χ1v) is 9.89. The molecule has 0 bridgehead atoms. The van der Waals surface area contributed by atoms with Gasteiger partial charge in [0.15, 0.2) is 11.9 Å². The van der Waals surface area contributed by atoms with E-state index in [2.05, 4.69) is 16.3 Å². The summed E-state index contributed by atoms with van der Waals surface area (Å²) >= 11 is 0. The second-order valence-electron chi connectivity index (χ2n) is 7.00. The first kappa shape index (κ1) is 24.6. The fourth-order valence-corrected chi connectivity index (χ4v) is 2.96. The van der Waals surface area contributed by atoms with Gasteiger partial charge in [-0.3, -0.25) is 14.6 Å². The number of quaternary nitrogens is 1. The number of phosphoric acid groups is 1. The van der Waals surface area contributed by atoms with Gasteiger partial charge in [-0.1, -0.05) is 26.2 Å². The quantitative estimate of drug-likeness (QED) is 0.140. The highest BCUT2D eigenvalue weighted by atomic mass is 31.2. The third kappa shape index (κ3) is 12.6. The van der Waals surface area contributed by atoms with Crippen LogP contribution in [0.3, 0.4) is 0 Å². The third-order valence-electron chi connectivity index (χ3n) is 3.38. The molecule has 0 fully saturated rings. The number of aliphatic hydroxyl groups excluding tert-OH is 1. The van der Waals surface area contributed by atoms with Crippen molar-refractivity contribution >= 4 is 13.6 Å². The maximum atomic E-state index is 12.4. The topological polar surface area (TPSA) is 125 Å². The molecule has 0 heterocycles. The Kier molecular flexibility index (Phi) is 11.9. The van der Waals surface area contributed by atoms with Crippen LogP contribution in [0, 0.1) is 0 Å². The Morgan fingerprint density at radius 3 is 2.36 bits per heavy atom. The molecule has 0 aromatic heterocycles. The zero-order chi connectivity index (χ0) is 19.5. The second-order valence-corrected chi connectivity index (χ2v) is 8.36. The van der Waals surface area contributed by atoms with Gasteiger partial charge in [-0.15, -0.1) is 0 Å². The number of rotatable bonds is 15. The zero-order valence-corrected chi connectivity index (χ0v) is 16.4. The van der Waals surface area contributed by atoms with Crippen LogP contribution in [0.4, 0.5) is 0 Å². The lowest BCUT2D eigenvalue weighted by Crippen LogP contribution is -2.45. The molecule has 150 valence electrons. The van der Waals surface area contributed by atoms with Crippen molar-refractivity contribution in [2.75, 3.05) is 40.9 Å². The van der Waals surface area contributed by atoms with Gasteiger partial charge in [0, 0.05) is 6.42 Å². The van der Waals surface area contributed by atoms with Crippen LogP contribution in [-0.4, -0.2) is 73.7 Å². The van der Waals surface area contributed by atoms with E-state index in [1.807, 2.05) is 21.1 Å². The molecule has 0 aromatic rings. The number of aliphatic hydroxyl groups is 1. The van der Waals surface area contributed by atoms with Gasteiger partial charge < -0.3 is 23.5 Å². The van der Waals surface area contributed by atoms with E-state index in [1.54, 1.807) is 0 Å². The van der Waals surface area contributed by atoms with Gasteiger partial charge >= 0.3 is 0 Å². The molecular formula is C15H32NO8P. The molecule has 0 aliphatic rings. The average Bonchev–Trinajstić information content (AvgIpc) is 2.50. The standard InChI is InChI=1S/C15H32NO8P/c1-5-6-7-8-9-14(18)15(10-16(2,3)4)24-25(20,21)22-12-13(11-17)23-19/h13,15,17H,5-12H2,1-4H3,(H-,19,20,21)/t13-,15?/m1/s1. The van der Waals surface area contributed by atoms with Crippen LogP contribution >= 0.6 is 7.82 Å². The number of hydrogen-bond donors (Lipinski definition) is 2. The monoisotopic (exact) mass is 385 g/mol. The van der Waals surface area contributed by atoms with Crippen molar-refractivity contribution in [1.29, 1.82) is 0 Å². The summed E-state index contributed by atoms with van der Waals surface area (Å²) in [6.45, 7) is 0.985. The van der Waals surface area contributed by atoms with Gasteiger partial charge in [-0.05, 0) is 6.42 Å². The van der Waals surface area contributed by atoms with Gasteiger partial charge in [0.1, 0.15) is 12.6 Å². The summed E-state index contributed by atoms with van der Waals surface area (Å²) in [5, 5.41) is 17.3. The highest BCUT2D eigenvalue weighted by Crippen LogP contribution is 2.40. The lowest BCUT2D eigenvalue weighted by atomic mass is 10.1. The fraction of sp³-hybridized carbons (Fsp3) is 0.933. The van der Waals surface area contributed by atoms with Crippen molar-refractivity contribution in [2.24, 2.45) is 0 Å². The Morgan fingerprint density at radius 1 is 1.24 bits per heavy atom. The van der Waals surface area contributed by atoms with Gasteiger partial charge in [-0.2, -0.15) is 0 Å². The van der Waals surface area contributed by atoms with E-state index < -0.39 is 33.2 Å². The summed E-state index contributed by atoms with van der Waals surface area (Å²) in [5.41, 5.74) is 0. The molecule has 0 aliphatic heterocycles. The molecule has 0 aliphatic carbocycles. The Hall–Kier alpha value is -0.380. The van der Waals surface area contributed by atoms with E-state index in [-0.39, 0.29) is 18.7 Å². The van der Waals surface area contributed by atoms with E-state index in [1.165, 1.54) is 0 Å². The van der Waals surface area contributed by atoms with Crippen LogP contribution in [0.25, 0.3) is 0 Å². The number of carbonyl (C=O) groups excluding carboxylic acids is 1. The molecule has 2 N–H and O–H groups in total. The molecule has 9 nitrogen and oxygen atoms in total. The largest absolute Gasteiger partial charge is 0.756 e. The minimum Gasteiger partial charge on any atom is -0.756 e. The maximum absolute atomic E-state index is 12.4. The maximum Gasteiger partial charge on any atom is 0.268 e. The van der Waals surface area contributed by atoms with Crippen LogP contribution < -0.4 is 4.89 Å². The van der Waals surface area contributed by atoms with E-state index in [9.17, 15) is 14.3 Å². The van der Waals surface area contributed by atoms with E-state index in [0.29, 0.717) is 10.9 Å². The number of Topliss-reactive ketones (excluding diaryl/α,β-unsaturated/α-hetero) is 1. The van der Waals surface area contributed by atoms with Crippen molar-refractivity contribution in [2.45, 2.75) is 51.2 Å². The molecule has 0 saturated heterocycles. The molecule has 0 saturated carbocycles. The van der Waals surface area contributed by atoms with Crippen molar-refractivity contribution < 1.29 is 43.0 Å². The van der Waals surface area contributed by atoms with Gasteiger partial charge in [-0.25, -0.2) is 4.89 Å². The summed E-state index contributed by atoms with van der Waals surface area (Å²) in [5.74, 6) is -0.291. The van der Waals surface area contributed by atoms with Crippen LogP contribution in [0.1, 0.15) is 39.0 Å². The Labute approximate surface area is 149 Å². The Morgan fingerprint density at radius 2 is 1.88 bits per heavy atom. The Bertz CT molecular complexity index is 422. The summed E-state index contributed by atoms with van der Waals surface area (Å²) in [7, 11) is 0.658. The van der Waals surface area contributed by atoms with Crippen LogP contribution in [-0.2, 0) is 23.3 Å². The lowest BCUT2D eigenvalue weighted by molar-refractivity contribution is -0.872. The lowest BCUT2D eigenvalue weighted by Gasteiger charge is -2.32. The minimum atomic E-state index is -4.80. The number of carbonyl (C=O) groups is 1. The van der Waals surface area contributed by atoms with Crippen molar-refractivity contribution in [3.8, 4) is 0 Å². The van der Waals surface area contributed by atoms with Gasteiger partial charge in [0.2, 0.25) is 0 Å². The minimum absolute atomic E-state index is 0.169. The zero-order valence-electron chi connectivity index (χ0n) is 15.5. The molecule has 0 amide bonds. The number of phosphoric ester groups is 1. The molecular weight excluding hydrogens is 353 g/mol. The van der Waals surface area contributed by atoms with E-state index in [0.717, 1.165) is 19.3 Å². The molecule has 0 radical (unpaired) electrons. The second kappa shape index (κ2) is 12.1. The highest BCUT2D eigenvalue weighted by molar-refractivity contribution is 7.45. The molecule has 10 heteroatoms. The molecule has 0 aromatic carbocycles. The predicted octanol–water partition coefficient (Wildman–Crippen LogP) is 0.953. The van der Waals surface area contributed by atoms with Crippen molar-refractivity contribution in [3.05, 3.63) is 0 Å². The molecule has 0 rings (SSSR count). The van der Waals surface area contributed by atoms with Crippen LogP contribution in [0.2, 0.25) is 0 Å². The van der Waals surface area contributed by atoms with Crippen LogP contribution in [0.5, 0.6) is 0 Å². The normalized spacial score (nSPS) is 17.1. The highest BCUT2D eigenvalue weighted by Gasteiger charge is 2.30. The molecule has 0 spiro atoms. The van der Waals surface area contributed by atoms with Gasteiger partial charge in [0.25, 0.3) is 7.82 Å².